The summed E-state index contributed by atoms with van der Waals surface area (Å²) in [7, 11) is 1.70. The summed E-state index contributed by atoms with van der Waals surface area (Å²) in [5.74, 6) is 0.0681. The molecule has 1 rings (SSSR count). The van der Waals surface area contributed by atoms with E-state index in [1.807, 2.05) is 0 Å². The summed E-state index contributed by atoms with van der Waals surface area (Å²) in [5.41, 5.74) is 0.468. The molecule has 1 aromatic heterocycles. The minimum absolute atomic E-state index is 0.0332. The summed E-state index contributed by atoms with van der Waals surface area (Å²) in [4.78, 5) is 22.9. The highest BCUT2D eigenvalue weighted by molar-refractivity contribution is 7.80. The first kappa shape index (κ1) is 16.1. The Labute approximate surface area is 122 Å². The molecule has 0 amide bonds. The van der Waals surface area contributed by atoms with Gasteiger partial charge in [0.05, 0.1) is 18.4 Å². The second-order valence-corrected chi connectivity index (χ2v) is 4.33. The maximum atomic E-state index is 11.7. The van der Waals surface area contributed by atoms with E-state index in [-0.39, 0.29) is 17.4 Å². The number of nitrogens with zero attached hydrogens (tertiary/aromatic N) is 2. The second-order valence-electron chi connectivity index (χ2n) is 3.92. The Balaban J connectivity index is 2.64. The molecule has 0 spiro atoms. The number of carbonyl (C=O) groups excluding carboxylic acids is 2. The van der Waals surface area contributed by atoms with Gasteiger partial charge in [-0.1, -0.05) is 6.92 Å². The molecule has 0 unspecified atom stereocenters. The average Bonchev–Trinajstić information content (AvgIpc) is 2.77. The van der Waals surface area contributed by atoms with Crippen molar-refractivity contribution >= 4 is 34.9 Å². The highest BCUT2D eigenvalue weighted by atomic mass is 32.1. The van der Waals surface area contributed by atoms with Crippen LogP contribution in [0.2, 0.25) is 0 Å². The number of anilines is 1. The first-order valence-corrected chi connectivity index (χ1v) is 6.66. The number of rotatable bonds is 6. The van der Waals surface area contributed by atoms with Crippen LogP contribution in [0.15, 0.2) is 6.20 Å². The smallest absolute Gasteiger partial charge is 0.325 e. The Hall–Kier alpha value is -1.96. The summed E-state index contributed by atoms with van der Waals surface area (Å²) in [5, 5.41) is 9.82. The second kappa shape index (κ2) is 7.59. The van der Waals surface area contributed by atoms with Crippen LogP contribution in [0.3, 0.4) is 0 Å². The number of aryl methyl sites for hydroxylation is 1. The van der Waals surface area contributed by atoms with Crippen molar-refractivity contribution in [2.75, 3.05) is 18.5 Å². The number of ether oxygens (including phenoxy) is 1. The van der Waals surface area contributed by atoms with Crippen molar-refractivity contribution in [3.63, 3.8) is 0 Å². The van der Waals surface area contributed by atoms with Crippen LogP contribution in [0.5, 0.6) is 0 Å². The molecule has 0 aliphatic rings. The Morgan fingerprint density at radius 2 is 2.15 bits per heavy atom. The molecule has 1 aromatic rings. The van der Waals surface area contributed by atoms with E-state index in [1.165, 1.54) is 10.9 Å². The fourth-order valence-electron chi connectivity index (χ4n) is 1.50. The van der Waals surface area contributed by atoms with E-state index in [9.17, 15) is 9.59 Å². The fraction of sp³-hybridized carbons (Fsp3) is 0.500. The molecule has 8 heteroatoms. The van der Waals surface area contributed by atoms with Crippen molar-refractivity contribution in [3.05, 3.63) is 11.8 Å². The number of ketones is 1. The molecule has 1 heterocycles. The number of esters is 1. The van der Waals surface area contributed by atoms with Crippen LogP contribution in [0, 0.1) is 0 Å². The zero-order valence-electron chi connectivity index (χ0n) is 11.7. The normalized spacial score (nSPS) is 9.95. The average molecular weight is 298 g/mol. The predicted octanol–water partition coefficient (Wildman–Crippen LogP) is 0.862. The van der Waals surface area contributed by atoms with Crippen LogP contribution in [-0.4, -0.2) is 39.8 Å². The fourth-order valence-corrected chi connectivity index (χ4v) is 1.67. The van der Waals surface area contributed by atoms with Crippen LogP contribution in [0.4, 0.5) is 5.82 Å². The van der Waals surface area contributed by atoms with Crippen molar-refractivity contribution < 1.29 is 14.3 Å². The van der Waals surface area contributed by atoms with Gasteiger partial charge in [0, 0.05) is 13.5 Å². The zero-order valence-corrected chi connectivity index (χ0v) is 12.5. The lowest BCUT2D eigenvalue weighted by molar-refractivity contribution is -0.141. The lowest BCUT2D eigenvalue weighted by Crippen LogP contribution is -2.34. The Morgan fingerprint density at radius 1 is 1.45 bits per heavy atom. The van der Waals surface area contributed by atoms with Gasteiger partial charge in [0.1, 0.15) is 12.4 Å². The zero-order chi connectivity index (χ0) is 15.1. The van der Waals surface area contributed by atoms with Gasteiger partial charge in [-0.05, 0) is 19.1 Å². The van der Waals surface area contributed by atoms with Crippen LogP contribution in [0.1, 0.15) is 30.6 Å². The predicted molar refractivity (Wildman–Crippen MR) is 78.7 cm³/mol. The Kier molecular flexibility index (Phi) is 6.10. The molecule has 0 saturated heterocycles. The first-order chi connectivity index (χ1) is 9.49. The highest BCUT2D eigenvalue weighted by Gasteiger charge is 2.15. The monoisotopic (exact) mass is 298 g/mol. The van der Waals surface area contributed by atoms with Gasteiger partial charge in [-0.3, -0.25) is 14.3 Å². The van der Waals surface area contributed by atoms with Gasteiger partial charge in [-0.15, -0.1) is 0 Å². The third-order valence-corrected chi connectivity index (χ3v) is 2.74. The molecule has 0 radical (unpaired) electrons. The number of hydrogen-bond donors (Lipinski definition) is 2. The van der Waals surface area contributed by atoms with Gasteiger partial charge in [0.2, 0.25) is 0 Å². The van der Waals surface area contributed by atoms with E-state index in [1.54, 1.807) is 20.9 Å². The lowest BCUT2D eigenvalue weighted by Gasteiger charge is -2.11. The molecule has 110 valence electrons. The van der Waals surface area contributed by atoms with E-state index >= 15 is 0 Å². The number of thiocarbonyl (C=S) groups is 1. The van der Waals surface area contributed by atoms with Crippen molar-refractivity contribution in [1.29, 1.82) is 0 Å². The van der Waals surface area contributed by atoms with E-state index < -0.39 is 5.97 Å². The third-order valence-electron chi connectivity index (χ3n) is 2.49. The number of hydrogen-bond acceptors (Lipinski definition) is 5. The largest absolute Gasteiger partial charge is 0.465 e. The standard InChI is InChI=1S/C12H18N4O3S/c1-4-9(17)8-6-14-16(3)11(8)15-12(20)13-7-10(18)19-5-2/h6H,4-5,7H2,1-3H3,(H2,13,15,20). The van der Waals surface area contributed by atoms with Crippen molar-refractivity contribution in [2.24, 2.45) is 7.05 Å². The van der Waals surface area contributed by atoms with Gasteiger partial charge in [0.15, 0.2) is 10.9 Å². The molecular weight excluding hydrogens is 280 g/mol. The topological polar surface area (TPSA) is 85.2 Å². The van der Waals surface area contributed by atoms with E-state index in [0.29, 0.717) is 24.4 Å². The molecule has 0 fully saturated rings. The Morgan fingerprint density at radius 3 is 2.75 bits per heavy atom. The number of carbonyl (C=O) groups is 2. The molecule has 2 N–H and O–H groups in total. The molecule has 0 aliphatic heterocycles. The van der Waals surface area contributed by atoms with Crippen molar-refractivity contribution in [3.8, 4) is 0 Å². The van der Waals surface area contributed by atoms with Crippen molar-refractivity contribution in [2.45, 2.75) is 20.3 Å². The van der Waals surface area contributed by atoms with Gasteiger partial charge in [-0.2, -0.15) is 5.10 Å². The molecule has 0 saturated carbocycles. The molecule has 0 aromatic carbocycles. The van der Waals surface area contributed by atoms with E-state index in [2.05, 4.69) is 15.7 Å². The van der Waals surface area contributed by atoms with E-state index in [4.69, 9.17) is 17.0 Å². The van der Waals surface area contributed by atoms with Crippen LogP contribution in [0.25, 0.3) is 0 Å². The molecule has 0 aliphatic carbocycles. The Bertz CT molecular complexity index is 513. The summed E-state index contributed by atoms with van der Waals surface area (Å²) < 4.78 is 6.29. The van der Waals surface area contributed by atoms with Gasteiger partial charge < -0.3 is 15.4 Å². The van der Waals surface area contributed by atoms with Crippen molar-refractivity contribution in [1.82, 2.24) is 15.1 Å². The molecule has 7 nitrogen and oxygen atoms in total. The molecule has 20 heavy (non-hydrogen) atoms. The van der Waals surface area contributed by atoms with Gasteiger partial charge in [-0.25, -0.2) is 0 Å². The molecule has 0 bridgehead atoms. The number of aromatic nitrogens is 2. The third kappa shape index (κ3) is 4.30. The summed E-state index contributed by atoms with van der Waals surface area (Å²) >= 11 is 5.06. The van der Waals surface area contributed by atoms with Gasteiger partial charge in [0.25, 0.3) is 0 Å². The first-order valence-electron chi connectivity index (χ1n) is 6.25. The van der Waals surface area contributed by atoms with E-state index in [0.717, 1.165) is 0 Å². The van der Waals surface area contributed by atoms with Crippen LogP contribution < -0.4 is 10.6 Å². The van der Waals surface area contributed by atoms with Gasteiger partial charge >= 0.3 is 5.97 Å². The highest BCUT2D eigenvalue weighted by Crippen LogP contribution is 2.15. The number of Topliss-reactive ketones (excluding diaryl/α,β-unsaturated/α-hetero) is 1. The summed E-state index contributed by atoms with van der Waals surface area (Å²) in [6.07, 6.45) is 1.87. The molecular formula is C12H18N4O3S. The quantitative estimate of drug-likeness (QED) is 0.458. The van der Waals surface area contributed by atoms with Crippen LogP contribution in [-0.2, 0) is 16.6 Å². The summed E-state index contributed by atoms with van der Waals surface area (Å²) in [6.45, 7) is 3.79. The minimum atomic E-state index is -0.397. The molecule has 0 atom stereocenters. The SMILES string of the molecule is CCOC(=O)CNC(=S)Nc1c(C(=O)CC)cnn1C. The lowest BCUT2D eigenvalue weighted by atomic mass is 10.2. The number of nitrogens with one attached hydrogen (secondary N) is 2. The minimum Gasteiger partial charge on any atom is -0.465 e. The maximum Gasteiger partial charge on any atom is 0.325 e. The summed E-state index contributed by atoms with van der Waals surface area (Å²) in [6, 6.07) is 0. The maximum absolute atomic E-state index is 11.7. The van der Waals surface area contributed by atoms with Crippen LogP contribution >= 0.6 is 12.2 Å².